The third-order valence-corrected chi connectivity index (χ3v) is 7.67. The lowest BCUT2D eigenvalue weighted by Gasteiger charge is -2.30. The predicted octanol–water partition coefficient (Wildman–Crippen LogP) is 3.70. The van der Waals surface area contributed by atoms with Gasteiger partial charge in [-0.05, 0) is 27.7 Å². The first-order chi connectivity index (χ1) is 7.36. The largest absolute Gasteiger partial charge is 0.324 e. The molecule has 5 heteroatoms. The molecule has 98 valence electrons. The van der Waals surface area contributed by atoms with Gasteiger partial charge in [-0.25, -0.2) is 0 Å². The lowest BCUT2D eigenvalue weighted by atomic mass is 10.2. The van der Waals surface area contributed by atoms with E-state index in [9.17, 15) is 4.57 Å². The van der Waals surface area contributed by atoms with Gasteiger partial charge >= 0.3 is 0 Å². The summed E-state index contributed by atoms with van der Waals surface area (Å²) in [6, 6.07) is 1.06. The summed E-state index contributed by atoms with van der Waals surface area (Å²) in [5, 5.41) is 0. The first-order valence-corrected chi connectivity index (χ1v) is 9.31. The maximum atomic E-state index is 12.0. The van der Waals surface area contributed by atoms with Crippen LogP contribution in [0.2, 0.25) is 0 Å². The van der Waals surface area contributed by atoms with Crippen LogP contribution < -0.4 is 0 Å². The van der Waals surface area contributed by atoms with Crippen LogP contribution in [-0.2, 0) is 9.09 Å². The second-order valence-electron chi connectivity index (χ2n) is 4.37. The summed E-state index contributed by atoms with van der Waals surface area (Å²) in [4.78, 5) is 2.41. The van der Waals surface area contributed by atoms with Crippen molar-refractivity contribution >= 4 is 18.0 Å². The highest BCUT2D eigenvalue weighted by atomic mass is 32.7. The third kappa shape index (κ3) is 5.72. The molecule has 0 fully saturated rings. The molecular weight excluding hydrogens is 241 g/mol. The minimum atomic E-state index is -2.41. The van der Waals surface area contributed by atoms with Crippen LogP contribution in [0.15, 0.2) is 0 Å². The first kappa shape index (κ1) is 16.5. The van der Waals surface area contributed by atoms with Crippen LogP contribution in [0.4, 0.5) is 0 Å². The molecule has 0 aromatic heterocycles. The molecule has 0 spiro atoms. The van der Waals surface area contributed by atoms with Crippen LogP contribution >= 0.6 is 18.0 Å². The normalized spacial score (nSPS) is 16.1. The molecule has 1 unspecified atom stereocenters. The molecule has 3 nitrogen and oxygen atoms in total. The molecule has 1 atom stereocenters. The molecule has 0 radical (unpaired) electrons. The fraction of sp³-hybridized carbons (Fsp3) is 1.00. The van der Waals surface area contributed by atoms with Crippen molar-refractivity contribution in [1.29, 1.82) is 0 Å². The third-order valence-electron chi connectivity index (χ3n) is 2.63. The Bertz CT molecular complexity index is 218. The molecule has 0 aromatic carbocycles. The van der Waals surface area contributed by atoms with E-state index in [4.69, 9.17) is 4.52 Å². The highest BCUT2D eigenvalue weighted by molar-refractivity contribution is 8.56. The van der Waals surface area contributed by atoms with Crippen LogP contribution in [0.25, 0.3) is 0 Å². The van der Waals surface area contributed by atoms with Gasteiger partial charge in [0, 0.05) is 37.7 Å². The molecule has 16 heavy (non-hydrogen) atoms. The average molecular weight is 267 g/mol. The zero-order valence-electron chi connectivity index (χ0n) is 11.4. The number of nitrogens with zero attached hydrogens (tertiary/aromatic N) is 1. The van der Waals surface area contributed by atoms with Gasteiger partial charge in [-0.15, -0.1) is 0 Å². The summed E-state index contributed by atoms with van der Waals surface area (Å²) in [5.41, 5.74) is 0. The van der Waals surface area contributed by atoms with Crippen LogP contribution in [0.5, 0.6) is 0 Å². The van der Waals surface area contributed by atoms with Gasteiger partial charge in [-0.3, -0.25) is 9.46 Å². The number of rotatable bonds is 8. The van der Waals surface area contributed by atoms with Crippen molar-refractivity contribution in [3.05, 3.63) is 0 Å². The molecule has 0 heterocycles. The standard InChI is InChI=1S/C11H26NO2PS/c1-7-15(13,14-6)16-9-8-12(10(2)3)11(4)5/h10-11H,7-9H2,1-6H3. The minimum Gasteiger partial charge on any atom is -0.324 e. The maximum absolute atomic E-state index is 12.0. The van der Waals surface area contributed by atoms with Gasteiger partial charge in [0.25, 0.3) is 6.57 Å². The topological polar surface area (TPSA) is 29.5 Å². The van der Waals surface area contributed by atoms with E-state index >= 15 is 0 Å². The van der Waals surface area contributed by atoms with Crippen molar-refractivity contribution in [2.24, 2.45) is 0 Å². The Morgan fingerprint density at radius 1 is 1.25 bits per heavy atom. The lowest BCUT2D eigenvalue weighted by molar-refractivity contribution is 0.187. The van der Waals surface area contributed by atoms with Crippen LogP contribution in [0.1, 0.15) is 34.6 Å². The molecule has 0 bridgehead atoms. The van der Waals surface area contributed by atoms with Crippen LogP contribution in [-0.4, -0.2) is 42.6 Å². The Labute approximate surface area is 105 Å². The van der Waals surface area contributed by atoms with Crippen molar-refractivity contribution in [3.63, 3.8) is 0 Å². The van der Waals surface area contributed by atoms with Gasteiger partial charge in [0.1, 0.15) is 0 Å². The first-order valence-electron chi connectivity index (χ1n) is 5.91. The van der Waals surface area contributed by atoms with Gasteiger partial charge in [0.05, 0.1) is 0 Å². The van der Waals surface area contributed by atoms with Gasteiger partial charge in [0.15, 0.2) is 0 Å². The summed E-state index contributed by atoms with van der Waals surface area (Å²) < 4.78 is 17.1. The molecule has 0 rings (SSSR count). The second kappa shape index (κ2) is 7.75. The van der Waals surface area contributed by atoms with Crippen molar-refractivity contribution in [1.82, 2.24) is 4.90 Å². The molecule has 0 aliphatic carbocycles. The minimum absolute atomic E-state index is 0.532. The SMILES string of the molecule is CCP(=O)(OC)SCCN(C(C)C)C(C)C. The van der Waals surface area contributed by atoms with Crippen LogP contribution in [0, 0.1) is 0 Å². The zero-order valence-corrected chi connectivity index (χ0v) is 13.1. The molecule has 0 aliphatic rings. The van der Waals surface area contributed by atoms with E-state index in [-0.39, 0.29) is 0 Å². The smallest absolute Gasteiger partial charge is 0.257 e. The Hall–Kier alpha value is 0.500. The summed E-state index contributed by atoms with van der Waals surface area (Å²) in [6.07, 6.45) is 0.609. The molecule has 0 amide bonds. The van der Waals surface area contributed by atoms with Crippen molar-refractivity contribution < 1.29 is 9.09 Å². The zero-order chi connectivity index (χ0) is 12.8. The van der Waals surface area contributed by atoms with E-state index in [1.54, 1.807) is 7.11 Å². The van der Waals surface area contributed by atoms with Gasteiger partial charge in [-0.2, -0.15) is 0 Å². The van der Waals surface area contributed by atoms with E-state index in [0.717, 1.165) is 12.3 Å². The lowest BCUT2D eigenvalue weighted by Crippen LogP contribution is -2.38. The molecule has 0 aliphatic heterocycles. The van der Waals surface area contributed by atoms with E-state index < -0.39 is 6.57 Å². The van der Waals surface area contributed by atoms with E-state index in [1.165, 1.54) is 11.4 Å². The Balaban J connectivity index is 4.09. The quantitative estimate of drug-likeness (QED) is 0.627. The molecule has 0 aromatic rings. The van der Waals surface area contributed by atoms with E-state index in [0.29, 0.717) is 18.2 Å². The van der Waals surface area contributed by atoms with Gasteiger partial charge < -0.3 is 4.52 Å². The molecular formula is C11H26NO2PS. The fourth-order valence-corrected chi connectivity index (χ4v) is 4.73. The Morgan fingerprint density at radius 3 is 2.06 bits per heavy atom. The number of hydrogen-bond acceptors (Lipinski definition) is 4. The van der Waals surface area contributed by atoms with E-state index in [1.807, 2.05) is 6.92 Å². The summed E-state index contributed by atoms with van der Waals surface area (Å²) >= 11 is 1.48. The summed E-state index contributed by atoms with van der Waals surface area (Å²) in [5.74, 6) is 0.870. The Kier molecular flexibility index (Phi) is 8.00. The maximum Gasteiger partial charge on any atom is 0.257 e. The van der Waals surface area contributed by atoms with Crippen molar-refractivity contribution in [2.45, 2.75) is 46.7 Å². The highest BCUT2D eigenvalue weighted by Gasteiger charge is 2.20. The summed E-state index contributed by atoms with van der Waals surface area (Å²) in [6.45, 7) is 9.25. The monoisotopic (exact) mass is 267 g/mol. The highest BCUT2D eigenvalue weighted by Crippen LogP contribution is 2.58. The van der Waals surface area contributed by atoms with Crippen molar-refractivity contribution in [2.75, 3.05) is 25.6 Å². The Morgan fingerprint density at radius 2 is 1.75 bits per heavy atom. The second-order valence-corrected chi connectivity index (χ2v) is 9.70. The van der Waals surface area contributed by atoms with E-state index in [2.05, 4.69) is 32.6 Å². The van der Waals surface area contributed by atoms with Gasteiger partial charge in [-0.1, -0.05) is 18.3 Å². The van der Waals surface area contributed by atoms with Gasteiger partial charge in [0.2, 0.25) is 0 Å². The van der Waals surface area contributed by atoms with Crippen molar-refractivity contribution in [3.8, 4) is 0 Å². The summed E-state index contributed by atoms with van der Waals surface area (Å²) in [7, 11) is 1.54. The molecule has 0 saturated heterocycles. The predicted molar refractivity (Wildman–Crippen MR) is 74.6 cm³/mol. The average Bonchev–Trinajstić information content (AvgIpc) is 2.23. The number of hydrogen-bond donors (Lipinski definition) is 0. The fourth-order valence-electron chi connectivity index (χ4n) is 1.67. The molecule has 0 saturated carbocycles. The molecule has 0 N–H and O–H groups in total. The van der Waals surface area contributed by atoms with Crippen LogP contribution in [0.3, 0.4) is 0 Å².